The minimum absolute atomic E-state index is 0.506. The van der Waals surface area contributed by atoms with Crippen LogP contribution in [0, 0.1) is 45.2 Å². The van der Waals surface area contributed by atoms with Crippen molar-refractivity contribution in [2.45, 2.75) is 53.4 Å². The Morgan fingerprint density at radius 2 is 1.49 bits per heavy atom. The van der Waals surface area contributed by atoms with Gasteiger partial charge in [0.25, 0.3) is 0 Å². The van der Waals surface area contributed by atoms with Crippen molar-refractivity contribution in [2.24, 2.45) is 0 Å². The fourth-order valence-corrected chi connectivity index (χ4v) is 11.9. The van der Waals surface area contributed by atoms with E-state index in [1.54, 1.807) is 11.3 Å². The highest BCUT2D eigenvalue weighted by molar-refractivity contribution is 7.13. The van der Waals surface area contributed by atoms with E-state index in [9.17, 15) is 0 Å². The highest BCUT2D eigenvalue weighted by Crippen LogP contribution is 2.57. The van der Waals surface area contributed by atoms with Crippen LogP contribution < -0.4 is 4.90 Å². The Bertz CT molecular complexity index is 3770. The molecule has 9 aromatic rings. The summed E-state index contributed by atoms with van der Waals surface area (Å²) in [5, 5.41) is 3.34. The second-order valence-corrected chi connectivity index (χ2v) is 19.4. The number of anilines is 1. The van der Waals surface area contributed by atoms with Gasteiger partial charge < -0.3 is 13.7 Å². The van der Waals surface area contributed by atoms with Crippen molar-refractivity contribution >= 4 is 67.2 Å². The van der Waals surface area contributed by atoms with Gasteiger partial charge in [0.1, 0.15) is 22.5 Å². The molecule has 0 bridgehead atoms. The van der Waals surface area contributed by atoms with Crippen molar-refractivity contribution in [3.8, 4) is 23.5 Å². The molecule has 1 aliphatic rings. The second-order valence-electron chi connectivity index (χ2n) is 18.2. The maximum Gasteiger partial charge on any atom is 0.143 e. The molecule has 0 fully saturated rings. The van der Waals surface area contributed by atoms with E-state index in [4.69, 9.17) is 21.8 Å². The monoisotopic (exact) mass is 949 g/mol. The summed E-state index contributed by atoms with van der Waals surface area (Å²) >= 11 is 1.79. The Kier molecular flexibility index (Phi) is 13.2. The van der Waals surface area contributed by atoms with E-state index < -0.39 is 5.41 Å². The first-order valence-corrected chi connectivity index (χ1v) is 25.3. The number of terminal acetylenes is 1. The molecule has 0 saturated carbocycles. The number of benzene rings is 5. The van der Waals surface area contributed by atoms with Crippen molar-refractivity contribution in [3.05, 3.63) is 266 Å². The van der Waals surface area contributed by atoms with Gasteiger partial charge in [-0.1, -0.05) is 146 Å². The third-order valence-electron chi connectivity index (χ3n) is 14.2. The van der Waals surface area contributed by atoms with Gasteiger partial charge >= 0.3 is 0 Å². The van der Waals surface area contributed by atoms with E-state index in [0.717, 1.165) is 100 Å². The van der Waals surface area contributed by atoms with Crippen LogP contribution in [0.2, 0.25) is 0 Å². The molecule has 1 unspecified atom stereocenters. The molecule has 72 heavy (non-hydrogen) atoms. The lowest BCUT2D eigenvalue weighted by Gasteiger charge is -2.35. The molecule has 10 rings (SSSR count). The van der Waals surface area contributed by atoms with E-state index >= 15 is 0 Å². The number of fused-ring (bicyclic) bond motifs is 4. The maximum absolute atomic E-state index is 6.76. The van der Waals surface area contributed by atoms with E-state index in [0.29, 0.717) is 13.0 Å². The lowest BCUT2D eigenvalue weighted by Crippen LogP contribution is -2.29. The topological polar surface area (TPSA) is 29.5 Å². The predicted molar refractivity (Wildman–Crippen MR) is 305 cm³/mol. The van der Waals surface area contributed by atoms with Crippen LogP contribution in [0.5, 0.6) is 0 Å². The van der Waals surface area contributed by atoms with Gasteiger partial charge in [0.05, 0.1) is 5.41 Å². The highest BCUT2D eigenvalue weighted by atomic mass is 32.1. The minimum Gasteiger partial charge on any atom is -0.456 e. The summed E-state index contributed by atoms with van der Waals surface area (Å²) in [6.07, 6.45) is 22.4. The van der Waals surface area contributed by atoms with Gasteiger partial charge in [0, 0.05) is 66.1 Å². The number of hydrogen-bond donors (Lipinski definition) is 0. The summed E-state index contributed by atoms with van der Waals surface area (Å²) < 4.78 is 12.9. The first kappa shape index (κ1) is 47.2. The van der Waals surface area contributed by atoms with Crippen LogP contribution in [0.25, 0.3) is 61.3 Å². The molecule has 1 atom stereocenters. The summed E-state index contributed by atoms with van der Waals surface area (Å²) in [6, 6.07) is 54.9. The molecule has 3 aromatic heterocycles. The number of rotatable bonds is 14. The zero-order valence-corrected chi connectivity index (χ0v) is 42.5. The lowest BCUT2D eigenvalue weighted by molar-refractivity contribution is 0.594. The predicted octanol–water partition coefficient (Wildman–Crippen LogP) is 18.1. The quantitative estimate of drug-likeness (QED) is 0.0618. The summed E-state index contributed by atoms with van der Waals surface area (Å²) in [6.45, 7) is 18.1. The molecule has 4 heteroatoms. The van der Waals surface area contributed by atoms with Crippen LogP contribution in [0.4, 0.5) is 5.69 Å². The molecule has 0 saturated heterocycles. The summed E-state index contributed by atoms with van der Waals surface area (Å²) in [4.78, 5) is 4.66. The van der Waals surface area contributed by atoms with E-state index in [-0.39, 0.29) is 0 Å². The Hall–Kier alpha value is -8.50. The minimum atomic E-state index is -0.719. The van der Waals surface area contributed by atoms with Crippen molar-refractivity contribution in [1.82, 2.24) is 0 Å². The molecular formula is C68H55NO2S. The Balaban J connectivity index is 1.07. The molecule has 0 N–H and O–H groups in total. The van der Waals surface area contributed by atoms with Gasteiger partial charge in [-0.15, -0.1) is 23.5 Å². The van der Waals surface area contributed by atoms with E-state index in [1.807, 2.05) is 43.3 Å². The number of furan rings is 2. The molecule has 350 valence electrons. The van der Waals surface area contributed by atoms with Crippen molar-refractivity contribution < 1.29 is 8.83 Å². The van der Waals surface area contributed by atoms with Crippen LogP contribution in [-0.2, 0) is 5.41 Å². The van der Waals surface area contributed by atoms with Gasteiger partial charge in [-0.25, -0.2) is 0 Å². The van der Waals surface area contributed by atoms with E-state index in [2.05, 4.69) is 209 Å². The molecule has 3 nitrogen and oxygen atoms in total. The molecule has 0 amide bonds. The number of para-hydroxylation sites is 3. The number of thiophene rings is 1. The largest absolute Gasteiger partial charge is 0.456 e. The van der Waals surface area contributed by atoms with Crippen LogP contribution in [-0.4, -0.2) is 6.54 Å². The van der Waals surface area contributed by atoms with Gasteiger partial charge in [-0.3, -0.25) is 0 Å². The molecule has 0 aliphatic heterocycles. The molecule has 1 aliphatic carbocycles. The number of hydrogen-bond acceptors (Lipinski definition) is 4. The first-order valence-electron chi connectivity index (χ1n) is 24.5. The van der Waals surface area contributed by atoms with Crippen LogP contribution in [0.15, 0.2) is 220 Å². The number of nitrogens with zero attached hydrogens (tertiary/aromatic N) is 1. The molecule has 0 spiro atoms. The van der Waals surface area contributed by atoms with Crippen molar-refractivity contribution in [3.63, 3.8) is 0 Å². The normalized spacial score (nSPS) is 13.7. The fourth-order valence-electron chi connectivity index (χ4n) is 10.7. The Morgan fingerprint density at radius 1 is 0.764 bits per heavy atom. The lowest BCUT2D eigenvalue weighted by atomic mass is 9.66. The average Bonchev–Trinajstić information content (AvgIpc) is 4.12. The average molecular weight is 950 g/mol. The summed E-state index contributed by atoms with van der Waals surface area (Å²) in [5.41, 5.74) is 20.2. The Morgan fingerprint density at radius 3 is 2.19 bits per heavy atom. The smallest absolute Gasteiger partial charge is 0.143 e. The fraction of sp³-hybridized carbons (Fsp3) is 0.132. The first-order chi connectivity index (χ1) is 35.2. The summed E-state index contributed by atoms with van der Waals surface area (Å²) in [5.74, 6) is 4.17. The van der Waals surface area contributed by atoms with E-state index in [1.165, 1.54) is 26.5 Å². The van der Waals surface area contributed by atoms with Gasteiger partial charge in [0.2, 0.25) is 0 Å². The zero-order valence-electron chi connectivity index (χ0n) is 41.7. The van der Waals surface area contributed by atoms with Gasteiger partial charge in [-0.05, 0) is 153 Å². The maximum atomic E-state index is 6.76. The third-order valence-corrected chi connectivity index (χ3v) is 15.5. The molecule has 0 radical (unpaired) electrons. The standard InChI is InChI=1S/C68H55NO2S/c1-9-12-32-56-47(6)67(72-49(56)8)64-48(7)68(52-28-15-13-16-29-52,53-30-17-14-18-31-53)61(55(64)11-3)37-25-44-69(45(4)26-23-27-50(10-2)65-46(5)57-33-19-21-38-62(57)70-65)54-42-40-51(41-43-54)58-35-24-36-60-59-34-20-22-39-63(59)71-66(58)60/h3,9-10,13,15-17,19-26,28-43H,4,27,44H2,1-2,5-8H3/b26-23-,37-25-,50-10-. The van der Waals surface area contributed by atoms with Gasteiger partial charge in [0.15, 0.2) is 0 Å². The van der Waals surface area contributed by atoms with Crippen molar-refractivity contribution in [2.75, 3.05) is 11.4 Å². The van der Waals surface area contributed by atoms with Crippen LogP contribution in [0.3, 0.4) is 0 Å². The number of aryl methyl sites for hydroxylation is 2. The molecule has 3 heterocycles. The van der Waals surface area contributed by atoms with Crippen LogP contribution >= 0.6 is 11.3 Å². The van der Waals surface area contributed by atoms with Crippen LogP contribution in [0.1, 0.15) is 70.5 Å². The SMILES string of the molecule is C#CC1=C(/C=C\CN(C(=C)/C=C\C/C(=C/C)c2oc3ccccc3c2C)c2ccc(-c3cccc4c3oc3ccccc34)cc2)C(c2cc#ccc2)(c2ccccc2)C(C)=C1c1sc(C)c(C=C=CC)c1C. The zero-order chi connectivity index (χ0) is 49.9. The second kappa shape index (κ2) is 20.1. The van der Waals surface area contributed by atoms with Gasteiger partial charge in [-0.2, -0.15) is 0 Å². The Labute approximate surface area is 428 Å². The molecule has 6 aromatic carbocycles. The third kappa shape index (κ3) is 8.22. The number of allylic oxidation sites excluding steroid dienone is 10. The molecular weight excluding hydrogens is 895 g/mol. The van der Waals surface area contributed by atoms with Crippen molar-refractivity contribution in [1.29, 1.82) is 0 Å². The summed E-state index contributed by atoms with van der Waals surface area (Å²) in [7, 11) is 0. The highest BCUT2D eigenvalue weighted by Gasteiger charge is 2.47.